The number of hydrogen-bond acceptors (Lipinski definition) is 4. The number of carbonyl (C=O) groups is 2. The second kappa shape index (κ2) is 22.6. The molecule has 0 saturated heterocycles. The molecule has 61 heavy (non-hydrogen) atoms. The third-order valence-corrected chi connectivity index (χ3v) is 17.0. The van der Waals surface area contributed by atoms with Gasteiger partial charge in [0.25, 0.3) is 0 Å². The number of hydrogen-bond donors (Lipinski definition) is 3. The minimum Gasteiger partial charge on any atom is -0.393 e. The van der Waals surface area contributed by atoms with Crippen molar-refractivity contribution in [2.75, 3.05) is 26.3 Å². The zero-order chi connectivity index (χ0) is 44.0. The molecule has 0 aliphatic heterocycles. The van der Waals surface area contributed by atoms with E-state index in [4.69, 9.17) is 4.74 Å². The van der Waals surface area contributed by atoms with Crippen LogP contribution in [0.4, 0.5) is 0 Å². The molecule has 5 aliphatic carbocycles. The molecule has 3 unspecified atom stereocenters. The summed E-state index contributed by atoms with van der Waals surface area (Å²) in [6, 6.07) is 0. The van der Waals surface area contributed by atoms with Crippen molar-refractivity contribution in [3.63, 3.8) is 0 Å². The van der Waals surface area contributed by atoms with E-state index in [9.17, 15) is 14.7 Å². The average molecular weight is 839 g/mol. The lowest BCUT2D eigenvalue weighted by Gasteiger charge is -2.71. The number of allylic oxidation sites excluding steroid dienone is 14. The Morgan fingerprint density at radius 3 is 1.93 bits per heavy atom. The first-order valence-electron chi connectivity index (χ1n) is 24.7. The number of aliphatic hydroxyl groups is 1. The van der Waals surface area contributed by atoms with Gasteiger partial charge in [-0.3, -0.25) is 9.59 Å². The predicted octanol–water partition coefficient (Wildman–Crippen LogP) is 12.5. The van der Waals surface area contributed by atoms with Crippen molar-refractivity contribution in [1.82, 2.24) is 10.6 Å². The zero-order valence-corrected chi connectivity index (χ0v) is 39.6. The Kier molecular flexibility index (Phi) is 18.2. The van der Waals surface area contributed by atoms with Crippen molar-refractivity contribution in [2.24, 2.45) is 50.7 Å². The van der Waals surface area contributed by atoms with Crippen LogP contribution in [0.25, 0.3) is 0 Å². The van der Waals surface area contributed by atoms with Crippen molar-refractivity contribution in [2.45, 2.75) is 170 Å². The Hall–Kier alpha value is -2.96. The summed E-state index contributed by atoms with van der Waals surface area (Å²) >= 11 is 0. The Labute approximate surface area is 372 Å². The van der Waals surface area contributed by atoms with Crippen molar-refractivity contribution >= 4 is 11.8 Å². The maximum atomic E-state index is 14.4. The first kappa shape index (κ1) is 49.1. The van der Waals surface area contributed by atoms with Gasteiger partial charge in [-0.15, -0.1) is 0 Å². The standard InChI is InChI=1S/C55H86N2O4/c1-8-9-10-11-12-13-14-15-16-17-18-19-20-21-22-23-24-25-26-29-48(59)56-39-41-61-42-40-57-50(60)55-34-27-28-43(2)49(55)44-30-31-46-52(5)35-33-47(58)51(3,4)45(52)32-36-54(46,7)53(44,6)37-38-55/h9-10,12-13,15-16,18-19,21-22,24-25,30,43,45-47,49,58H,8,11,14,17,20,23,26-29,31-42H2,1-7H3,(H,56,59)(H,57,60)/b10-9-,13-12-,16-15-,19-18-,22-21-,25-24-/t43-,45?,46?,47-,49?,52-,53+,54+,55-/m0/s1. The lowest BCUT2D eigenvalue weighted by molar-refractivity contribution is -0.203. The molecule has 0 heterocycles. The molecule has 5 aliphatic rings. The van der Waals surface area contributed by atoms with Gasteiger partial charge in [-0.05, 0) is 142 Å². The van der Waals surface area contributed by atoms with Crippen molar-refractivity contribution in [1.29, 1.82) is 0 Å². The summed E-state index contributed by atoms with van der Waals surface area (Å²) in [7, 11) is 0. The summed E-state index contributed by atoms with van der Waals surface area (Å²) in [6.45, 7) is 18.9. The molecule has 0 bridgehead atoms. The molecule has 9 atom stereocenters. The highest BCUT2D eigenvalue weighted by molar-refractivity contribution is 5.84. The van der Waals surface area contributed by atoms with Crippen LogP contribution in [0.5, 0.6) is 0 Å². The minimum atomic E-state index is -0.346. The first-order chi connectivity index (χ1) is 29.3. The lowest BCUT2D eigenvalue weighted by Crippen LogP contribution is -2.65. The number of ether oxygens (including phenoxy) is 1. The third-order valence-electron chi connectivity index (χ3n) is 17.0. The molecule has 4 fully saturated rings. The van der Waals surface area contributed by atoms with E-state index >= 15 is 0 Å². The van der Waals surface area contributed by atoms with Crippen LogP contribution in [0, 0.1) is 50.7 Å². The van der Waals surface area contributed by atoms with Gasteiger partial charge in [-0.2, -0.15) is 0 Å². The van der Waals surface area contributed by atoms with Gasteiger partial charge in [0.1, 0.15) is 0 Å². The average Bonchev–Trinajstić information content (AvgIpc) is 3.23. The Balaban J connectivity index is 0.978. The molecule has 0 aromatic carbocycles. The molecular formula is C55H86N2O4. The monoisotopic (exact) mass is 839 g/mol. The number of carbonyl (C=O) groups excluding carboxylic acids is 2. The summed E-state index contributed by atoms with van der Waals surface area (Å²) in [4.78, 5) is 26.7. The maximum absolute atomic E-state index is 14.4. The van der Waals surface area contributed by atoms with E-state index in [0.717, 1.165) is 89.9 Å². The van der Waals surface area contributed by atoms with Crippen LogP contribution in [-0.4, -0.2) is 49.3 Å². The Morgan fingerprint density at radius 1 is 0.721 bits per heavy atom. The summed E-state index contributed by atoms with van der Waals surface area (Å²) in [5.41, 5.74) is 1.71. The summed E-state index contributed by atoms with van der Waals surface area (Å²) in [5.74, 6) is 2.18. The molecule has 3 N–H and O–H groups in total. The number of aliphatic hydroxyl groups excluding tert-OH is 1. The predicted molar refractivity (Wildman–Crippen MR) is 255 cm³/mol. The molecule has 0 aromatic heterocycles. The molecule has 2 amide bonds. The summed E-state index contributed by atoms with van der Waals surface area (Å²) < 4.78 is 5.88. The smallest absolute Gasteiger partial charge is 0.226 e. The molecule has 4 saturated carbocycles. The minimum absolute atomic E-state index is 0.0398. The van der Waals surface area contributed by atoms with Gasteiger partial charge in [0.2, 0.25) is 11.8 Å². The fourth-order valence-corrected chi connectivity index (χ4v) is 13.5. The van der Waals surface area contributed by atoms with Crippen LogP contribution in [-0.2, 0) is 14.3 Å². The maximum Gasteiger partial charge on any atom is 0.226 e. The second-order valence-corrected chi connectivity index (χ2v) is 20.8. The van der Waals surface area contributed by atoms with E-state index in [1.165, 1.54) is 19.3 Å². The van der Waals surface area contributed by atoms with E-state index in [0.29, 0.717) is 50.5 Å². The van der Waals surface area contributed by atoms with Crippen molar-refractivity contribution < 1.29 is 19.4 Å². The van der Waals surface area contributed by atoms with Crippen LogP contribution in [0.3, 0.4) is 0 Å². The van der Waals surface area contributed by atoms with E-state index in [-0.39, 0.29) is 50.9 Å². The van der Waals surface area contributed by atoms with Crippen LogP contribution >= 0.6 is 0 Å². The van der Waals surface area contributed by atoms with Crippen LogP contribution in [0.2, 0.25) is 0 Å². The van der Waals surface area contributed by atoms with Gasteiger partial charge < -0.3 is 20.5 Å². The van der Waals surface area contributed by atoms with Gasteiger partial charge >= 0.3 is 0 Å². The van der Waals surface area contributed by atoms with E-state index < -0.39 is 0 Å². The highest BCUT2D eigenvalue weighted by atomic mass is 16.5. The quantitative estimate of drug-likeness (QED) is 0.0794. The molecule has 340 valence electrons. The SMILES string of the molecule is CC/C=C\C/C=C\C/C=C\C/C=C\C/C=C\C/C=C\CCC(=O)NCCOCCNC(=O)[C@]12CCC[C@H](C)C1C1=CCC3[C@@]4(C)CC[C@H](O)C(C)(C)C4CC[C@@]3(C)[C@]1(C)CC2. The van der Waals surface area contributed by atoms with E-state index in [2.05, 4.69) is 138 Å². The molecule has 0 aromatic rings. The highest BCUT2D eigenvalue weighted by Crippen LogP contribution is 2.75. The Morgan fingerprint density at radius 2 is 1.31 bits per heavy atom. The molecule has 6 nitrogen and oxygen atoms in total. The molecule has 0 spiro atoms. The lowest BCUT2D eigenvalue weighted by atomic mass is 9.33. The fourth-order valence-electron chi connectivity index (χ4n) is 13.5. The fraction of sp³-hybridized carbons (Fsp3) is 0.709. The third kappa shape index (κ3) is 11.2. The molecule has 0 radical (unpaired) electrons. The van der Waals surface area contributed by atoms with Gasteiger partial charge in [0.15, 0.2) is 0 Å². The molecular weight excluding hydrogens is 753 g/mol. The number of amides is 2. The van der Waals surface area contributed by atoms with Gasteiger partial charge in [0, 0.05) is 19.5 Å². The first-order valence-corrected chi connectivity index (χ1v) is 24.7. The number of rotatable bonds is 21. The normalized spacial score (nSPS) is 34.8. The van der Waals surface area contributed by atoms with Crippen molar-refractivity contribution in [3.05, 3.63) is 84.6 Å². The topological polar surface area (TPSA) is 87.7 Å². The van der Waals surface area contributed by atoms with Gasteiger partial charge in [-0.25, -0.2) is 0 Å². The summed E-state index contributed by atoms with van der Waals surface area (Å²) in [6.07, 6.45) is 46.6. The van der Waals surface area contributed by atoms with E-state index in [1.54, 1.807) is 5.57 Å². The number of fused-ring (bicyclic) bond motifs is 7. The van der Waals surface area contributed by atoms with Gasteiger partial charge in [0.05, 0.1) is 24.7 Å². The molecule has 6 heteroatoms. The van der Waals surface area contributed by atoms with E-state index in [1.807, 2.05) is 0 Å². The summed E-state index contributed by atoms with van der Waals surface area (Å²) in [5, 5.41) is 17.4. The molecule has 5 rings (SSSR count). The van der Waals surface area contributed by atoms with Gasteiger partial charge in [-0.1, -0.05) is 146 Å². The second-order valence-electron chi connectivity index (χ2n) is 20.8. The Bertz CT molecular complexity index is 1650. The van der Waals surface area contributed by atoms with Crippen LogP contribution in [0.1, 0.15) is 164 Å². The van der Waals surface area contributed by atoms with Crippen LogP contribution in [0.15, 0.2) is 84.6 Å². The number of nitrogens with one attached hydrogen (secondary N) is 2. The zero-order valence-electron chi connectivity index (χ0n) is 39.6. The highest BCUT2D eigenvalue weighted by Gasteiger charge is 2.69. The van der Waals surface area contributed by atoms with Crippen LogP contribution < -0.4 is 10.6 Å². The largest absolute Gasteiger partial charge is 0.393 e. The van der Waals surface area contributed by atoms with Crippen molar-refractivity contribution in [3.8, 4) is 0 Å².